The van der Waals surface area contributed by atoms with Crippen LogP contribution >= 0.6 is 12.4 Å². The van der Waals surface area contributed by atoms with Crippen LogP contribution in [0.25, 0.3) is 0 Å². The molecule has 0 aromatic carbocycles. The zero-order valence-electron chi connectivity index (χ0n) is 10.1. The molecule has 0 unspecified atom stereocenters. The van der Waals surface area contributed by atoms with Crippen LogP contribution in [0.15, 0.2) is 0 Å². The number of nitrogens with one attached hydrogen (secondary N) is 1. The molecule has 0 radical (unpaired) electrons. The third kappa shape index (κ3) is 3.96. The molecule has 90 valence electrons. The van der Waals surface area contributed by atoms with E-state index in [9.17, 15) is 0 Å². The average molecular weight is 232 g/mol. The van der Waals surface area contributed by atoms with Crippen molar-refractivity contribution in [3.63, 3.8) is 0 Å². The van der Waals surface area contributed by atoms with Crippen LogP contribution in [0.1, 0.15) is 64.7 Å². The van der Waals surface area contributed by atoms with Gasteiger partial charge in [0.25, 0.3) is 0 Å². The predicted molar refractivity (Wildman–Crippen MR) is 68.7 cm³/mol. The second-order valence-corrected chi connectivity index (χ2v) is 5.42. The normalized spacial score (nSPS) is 25.4. The molecule has 2 rings (SSSR count). The van der Waals surface area contributed by atoms with Crippen LogP contribution in [0.4, 0.5) is 0 Å². The molecule has 0 bridgehead atoms. The molecule has 1 nitrogen and oxygen atoms in total. The van der Waals surface area contributed by atoms with Crippen molar-refractivity contribution < 1.29 is 0 Å². The van der Waals surface area contributed by atoms with Gasteiger partial charge in [-0.3, -0.25) is 0 Å². The molecular formula is C13H26ClN. The molecule has 0 amide bonds. The standard InChI is InChI=1S/C13H25N.ClH/c1-2-13(9-10-13)11-14-12-7-5-3-4-6-8-12;/h12,14H,2-11H2,1H3;1H. The highest BCUT2D eigenvalue weighted by atomic mass is 35.5. The van der Waals surface area contributed by atoms with E-state index in [-0.39, 0.29) is 12.4 Å². The first-order chi connectivity index (χ1) is 6.85. The van der Waals surface area contributed by atoms with E-state index in [1.807, 2.05) is 0 Å². The number of rotatable bonds is 4. The number of halogens is 1. The first kappa shape index (κ1) is 13.3. The van der Waals surface area contributed by atoms with Crippen LogP contribution in [0.5, 0.6) is 0 Å². The highest BCUT2D eigenvalue weighted by Gasteiger charge is 2.40. The maximum absolute atomic E-state index is 3.82. The Morgan fingerprint density at radius 2 is 1.67 bits per heavy atom. The van der Waals surface area contributed by atoms with Crippen LogP contribution < -0.4 is 5.32 Å². The minimum Gasteiger partial charge on any atom is -0.313 e. The second-order valence-electron chi connectivity index (χ2n) is 5.42. The summed E-state index contributed by atoms with van der Waals surface area (Å²) < 4.78 is 0. The van der Waals surface area contributed by atoms with Crippen molar-refractivity contribution in [1.29, 1.82) is 0 Å². The molecule has 2 fully saturated rings. The molecule has 0 spiro atoms. The Morgan fingerprint density at radius 3 is 2.13 bits per heavy atom. The summed E-state index contributed by atoms with van der Waals surface area (Å²) in [4.78, 5) is 0. The Morgan fingerprint density at radius 1 is 1.07 bits per heavy atom. The molecule has 1 N–H and O–H groups in total. The van der Waals surface area contributed by atoms with E-state index in [1.165, 1.54) is 64.3 Å². The smallest absolute Gasteiger partial charge is 0.00672 e. The zero-order valence-corrected chi connectivity index (χ0v) is 10.9. The van der Waals surface area contributed by atoms with Gasteiger partial charge in [0.2, 0.25) is 0 Å². The molecule has 0 heterocycles. The van der Waals surface area contributed by atoms with Crippen molar-refractivity contribution in [1.82, 2.24) is 5.32 Å². The Balaban J connectivity index is 0.00000112. The van der Waals surface area contributed by atoms with Crippen LogP contribution in [-0.4, -0.2) is 12.6 Å². The fourth-order valence-electron chi connectivity index (χ4n) is 2.68. The molecule has 2 heteroatoms. The van der Waals surface area contributed by atoms with Crippen molar-refractivity contribution in [2.24, 2.45) is 5.41 Å². The van der Waals surface area contributed by atoms with Crippen LogP contribution in [-0.2, 0) is 0 Å². The van der Waals surface area contributed by atoms with E-state index in [2.05, 4.69) is 12.2 Å². The number of hydrogen-bond donors (Lipinski definition) is 1. The molecule has 2 aliphatic rings. The van der Waals surface area contributed by atoms with Crippen LogP contribution in [0, 0.1) is 5.41 Å². The van der Waals surface area contributed by atoms with E-state index in [0.717, 1.165) is 11.5 Å². The molecule has 0 saturated heterocycles. The average Bonchev–Trinajstić information content (AvgIpc) is 3.01. The lowest BCUT2D eigenvalue weighted by Gasteiger charge is -2.20. The van der Waals surface area contributed by atoms with Crippen molar-refractivity contribution in [3.8, 4) is 0 Å². The SMILES string of the molecule is CCC1(CNC2CCCCCC2)CC1.Cl. The molecule has 15 heavy (non-hydrogen) atoms. The van der Waals surface area contributed by atoms with E-state index in [1.54, 1.807) is 0 Å². The zero-order chi connectivity index (χ0) is 9.86. The van der Waals surface area contributed by atoms with E-state index < -0.39 is 0 Å². The molecule has 0 aliphatic heterocycles. The lowest BCUT2D eigenvalue weighted by Crippen LogP contribution is -2.33. The summed E-state index contributed by atoms with van der Waals surface area (Å²) in [6.07, 6.45) is 13.0. The Bertz CT molecular complexity index is 169. The summed E-state index contributed by atoms with van der Waals surface area (Å²) in [5, 5.41) is 3.82. The van der Waals surface area contributed by atoms with Gasteiger partial charge < -0.3 is 5.32 Å². The van der Waals surface area contributed by atoms with E-state index in [4.69, 9.17) is 0 Å². The predicted octanol–water partition coefficient (Wildman–Crippen LogP) is 3.91. The maximum Gasteiger partial charge on any atom is 0.00672 e. The van der Waals surface area contributed by atoms with Crippen molar-refractivity contribution in [3.05, 3.63) is 0 Å². The van der Waals surface area contributed by atoms with Gasteiger partial charge in [0.05, 0.1) is 0 Å². The molecular weight excluding hydrogens is 206 g/mol. The Kier molecular flexibility index (Phi) is 5.42. The van der Waals surface area contributed by atoms with Gasteiger partial charge in [0.1, 0.15) is 0 Å². The van der Waals surface area contributed by atoms with Crippen molar-refractivity contribution in [2.45, 2.75) is 70.8 Å². The Hall–Kier alpha value is 0.250. The summed E-state index contributed by atoms with van der Waals surface area (Å²) in [6.45, 7) is 3.65. The minimum atomic E-state index is 0. The third-order valence-corrected chi connectivity index (χ3v) is 4.33. The molecule has 2 saturated carbocycles. The molecule has 2 aliphatic carbocycles. The highest BCUT2D eigenvalue weighted by molar-refractivity contribution is 5.85. The minimum absolute atomic E-state index is 0. The van der Waals surface area contributed by atoms with Crippen molar-refractivity contribution in [2.75, 3.05) is 6.54 Å². The summed E-state index contributed by atoms with van der Waals surface area (Å²) in [6, 6.07) is 0.849. The van der Waals surface area contributed by atoms with Gasteiger partial charge in [-0.1, -0.05) is 32.6 Å². The summed E-state index contributed by atoms with van der Waals surface area (Å²) >= 11 is 0. The second kappa shape index (κ2) is 6.10. The maximum atomic E-state index is 3.82. The topological polar surface area (TPSA) is 12.0 Å². The first-order valence-electron chi connectivity index (χ1n) is 6.58. The highest BCUT2D eigenvalue weighted by Crippen LogP contribution is 2.48. The van der Waals surface area contributed by atoms with Gasteiger partial charge in [-0.25, -0.2) is 0 Å². The van der Waals surface area contributed by atoms with Gasteiger partial charge in [-0.2, -0.15) is 0 Å². The van der Waals surface area contributed by atoms with Gasteiger partial charge >= 0.3 is 0 Å². The number of hydrogen-bond acceptors (Lipinski definition) is 1. The molecule has 0 aromatic heterocycles. The van der Waals surface area contributed by atoms with E-state index >= 15 is 0 Å². The van der Waals surface area contributed by atoms with Gasteiger partial charge in [0.15, 0.2) is 0 Å². The van der Waals surface area contributed by atoms with Gasteiger partial charge in [-0.15, -0.1) is 12.4 Å². The summed E-state index contributed by atoms with van der Waals surface area (Å²) in [7, 11) is 0. The summed E-state index contributed by atoms with van der Waals surface area (Å²) in [5.41, 5.74) is 0.728. The van der Waals surface area contributed by atoms with Crippen LogP contribution in [0.3, 0.4) is 0 Å². The van der Waals surface area contributed by atoms with Gasteiger partial charge in [-0.05, 0) is 37.5 Å². The summed E-state index contributed by atoms with van der Waals surface area (Å²) in [5.74, 6) is 0. The Labute approximate surface area is 101 Å². The van der Waals surface area contributed by atoms with Crippen LogP contribution in [0.2, 0.25) is 0 Å². The quantitative estimate of drug-likeness (QED) is 0.724. The lowest BCUT2D eigenvalue weighted by atomic mass is 10.0. The van der Waals surface area contributed by atoms with Crippen molar-refractivity contribution >= 4 is 12.4 Å². The lowest BCUT2D eigenvalue weighted by molar-refractivity contribution is 0.378. The largest absolute Gasteiger partial charge is 0.313 e. The third-order valence-electron chi connectivity index (χ3n) is 4.33. The molecule has 0 aromatic rings. The fraction of sp³-hybridized carbons (Fsp3) is 1.00. The first-order valence-corrected chi connectivity index (χ1v) is 6.58. The molecule has 0 atom stereocenters. The monoisotopic (exact) mass is 231 g/mol. The fourth-order valence-corrected chi connectivity index (χ4v) is 2.68. The van der Waals surface area contributed by atoms with Gasteiger partial charge in [0, 0.05) is 12.6 Å². The van der Waals surface area contributed by atoms with E-state index in [0.29, 0.717) is 0 Å².